The highest BCUT2D eigenvalue weighted by molar-refractivity contribution is 7.89. The van der Waals surface area contributed by atoms with Crippen LogP contribution in [0.4, 0.5) is 0 Å². The van der Waals surface area contributed by atoms with E-state index in [0.717, 1.165) is 4.68 Å². The number of nitriles is 1. The van der Waals surface area contributed by atoms with Crippen molar-refractivity contribution in [2.24, 2.45) is 5.14 Å². The molecule has 8 heteroatoms. The van der Waals surface area contributed by atoms with Gasteiger partial charge in [-0.1, -0.05) is 23.7 Å². The summed E-state index contributed by atoms with van der Waals surface area (Å²) in [4.78, 5) is 0. The summed E-state index contributed by atoms with van der Waals surface area (Å²) in [5.41, 5.74) is 0.534. The zero-order chi connectivity index (χ0) is 14.2. The second kappa shape index (κ2) is 4.66. The molecule has 98 valence electrons. The topological polar surface area (TPSA) is 102 Å². The van der Waals surface area contributed by atoms with Crippen LogP contribution in [0.1, 0.15) is 11.3 Å². The van der Waals surface area contributed by atoms with Gasteiger partial charge in [-0.05, 0) is 19.1 Å². The van der Waals surface area contributed by atoms with Crippen LogP contribution >= 0.6 is 11.6 Å². The lowest BCUT2D eigenvalue weighted by molar-refractivity contribution is 0.587. The van der Waals surface area contributed by atoms with Crippen LogP contribution in [0.2, 0.25) is 5.02 Å². The molecule has 0 spiro atoms. The smallest absolute Gasteiger partial charge is 0.223 e. The predicted octanol–water partition coefficient (Wildman–Crippen LogP) is 1.35. The molecule has 0 unspecified atom stereocenters. The molecule has 0 aliphatic rings. The molecule has 1 aromatic heterocycles. The lowest BCUT2D eigenvalue weighted by Crippen LogP contribution is -2.18. The first-order chi connectivity index (χ1) is 8.86. The molecule has 2 N–H and O–H groups in total. The molecular weight excluding hydrogens is 288 g/mol. The van der Waals surface area contributed by atoms with Crippen LogP contribution in [0.15, 0.2) is 29.3 Å². The zero-order valence-corrected chi connectivity index (χ0v) is 11.4. The van der Waals surface area contributed by atoms with Crippen molar-refractivity contribution in [1.29, 1.82) is 5.26 Å². The van der Waals surface area contributed by atoms with E-state index in [-0.39, 0.29) is 16.3 Å². The van der Waals surface area contributed by atoms with Gasteiger partial charge in [-0.25, -0.2) is 18.2 Å². The Labute approximate surface area is 115 Å². The number of aromatic nitrogens is 2. The van der Waals surface area contributed by atoms with Crippen LogP contribution in [0.25, 0.3) is 5.69 Å². The number of para-hydroxylation sites is 1. The summed E-state index contributed by atoms with van der Waals surface area (Å²) in [6.07, 6.45) is 0. The first kappa shape index (κ1) is 13.5. The first-order valence-corrected chi connectivity index (χ1v) is 7.06. The Morgan fingerprint density at radius 1 is 1.42 bits per heavy atom. The molecule has 0 saturated heterocycles. The van der Waals surface area contributed by atoms with Gasteiger partial charge in [0.25, 0.3) is 10.0 Å². The fraction of sp³-hybridized carbons (Fsp3) is 0.0909. The van der Waals surface area contributed by atoms with Crippen molar-refractivity contribution < 1.29 is 8.42 Å². The standard InChI is InChI=1S/C11H9ClN4O2S/c1-7-8(6-13)11(19(14,17)18)16(15-7)10-5-3-2-4-9(10)12/h2-5H,1H3,(H2,14,17,18). The summed E-state index contributed by atoms with van der Waals surface area (Å²) in [6.45, 7) is 1.53. The summed E-state index contributed by atoms with van der Waals surface area (Å²) in [5, 5.41) is 18.2. The van der Waals surface area contributed by atoms with E-state index in [0.29, 0.717) is 10.7 Å². The number of halogens is 1. The maximum absolute atomic E-state index is 11.7. The number of primary sulfonamides is 1. The molecule has 2 aromatic rings. The molecule has 0 aliphatic heterocycles. The fourth-order valence-corrected chi connectivity index (χ4v) is 2.76. The highest BCUT2D eigenvalue weighted by Gasteiger charge is 2.25. The minimum atomic E-state index is -4.10. The summed E-state index contributed by atoms with van der Waals surface area (Å²) < 4.78 is 24.4. The number of benzene rings is 1. The zero-order valence-electron chi connectivity index (χ0n) is 9.83. The van der Waals surface area contributed by atoms with Gasteiger partial charge in [0.05, 0.1) is 16.4 Å². The van der Waals surface area contributed by atoms with Crippen molar-refractivity contribution in [3.63, 3.8) is 0 Å². The Bertz CT molecular complexity index is 790. The Morgan fingerprint density at radius 3 is 2.58 bits per heavy atom. The van der Waals surface area contributed by atoms with Crippen molar-refractivity contribution in [1.82, 2.24) is 9.78 Å². The Balaban J connectivity index is 2.88. The van der Waals surface area contributed by atoms with Crippen molar-refractivity contribution in [3.8, 4) is 11.8 Å². The van der Waals surface area contributed by atoms with E-state index >= 15 is 0 Å². The van der Waals surface area contributed by atoms with E-state index in [1.165, 1.54) is 6.92 Å². The monoisotopic (exact) mass is 296 g/mol. The van der Waals surface area contributed by atoms with Crippen molar-refractivity contribution in [2.45, 2.75) is 11.9 Å². The van der Waals surface area contributed by atoms with Crippen LogP contribution in [-0.2, 0) is 10.0 Å². The molecule has 0 fully saturated rings. The number of hydrogen-bond acceptors (Lipinski definition) is 4. The summed E-state index contributed by atoms with van der Waals surface area (Å²) in [7, 11) is -4.10. The Morgan fingerprint density at radius 2 is 2.05 bits per heavy atom. The molecule has 1 aromatic carbocycles. The number of rotatable bonds is 2. The second-order valence-corrected chi connectivity index (χ2v) is 5.67. The summed E-state index contributed by atoms with van der Waals surface area (Å²) in [5.74, 6) is 0. The molecule has 6 nitrogen and oxygen atoms in total. The quantitative estimate of drug-likeness (QED) is 0.903. The minimum absolute atomic E-state index is 0.0811. The molecule has 0 bridgehead atoms. The van der Waals surface area contributed by atoms with Gasteiger partial charge in [0.2, 0.25) is 0 Å². The van der Waals surface area contributed by atoms with E-state index in [1.54, 1.807) is 30.3 Å². The van der Waals surface area contributed by atoms with Gasteiger partial charge in [-0.15, -0.1) is 0 Å². The fourth-order valence-electron chi connectivity index (χ4n) is 1.68. The molecule has 1 heterocycles. The van der Waals surface area contributed by atoms with Gasteiger partial charge in [0.15, 0.2) is 5.03 Å². The third kappa shape index (κ3) is 2.33. The third-order valence-corrected chi connectivity index (χ3v) is 3.72. The van der Waals surface area contributed by atoms with Gasteiger partial charge in [0.1, 0.15) is 11.6 Å². The second-order valence-electron chi connectivity index (χ2n) is 3.79. The van der Waals surface area contributed by atoms with Gasteiger partial charge >= 0.3 is 0 Å². The Kier molecular flexibility index (Phi) is 3.32. The molecule has 0 aliphatic carbocycles. The lowest BCUT2D eigenvalue weighted by Gasteiger charge is -2.07. The molecular formula is C11H9ClN4O2S. The number of aryl methyl sites for hydroxylation is 1. The minimum Gasteiger partial charge on any atom is -0.223 e. The van der Waals surface area contributed by atoms with E-state index in [9.17, 15) is 8.42 Å². The maximum atomic E-state index is 11.7. The average Bonchev–Trinajstić information content (AvgIpc) is 2.66. The summed E-state index contributed by atoms with van der Waals surface area (Å²) in [6, 6.07) is 8.35. The van der Waals surface area contributed by atoms with Gasteiger partial charge in [-0.2, -0.15) is 10.4 Å². The highest BCUT2D eigenvalue weighted by Crippen LogP contribution is 2.26. The van der Waals surface area contributed by atoms with Crippen molar-refractivity contribution >= 4 is 21.6 Å². The molecule has 2 rings (SSSR count). The molecule has 0 atom stereocenters. The van der Waals surface area contributed by atoms with E-state index in [4.69, 9.17) is 22.0 Å². The molecule has 0 amide bonds. The SMILES string of the molecule is Cc1nn(-c2ccccc2Cl)c(S(N)(=O)=O)c1C#N. The molecule has 0 radical (unpaired) electrons. The van der Waals surface area contributed by atoms with Crippen LogP contribution in [-0.4, -0.2) is 18.2 Å². The van der Waals surface area contributed by atoms with E-state index in [1.807, 2.05) is 0 Å². The largest absolute Gasteiger partial charge is 0.257 e. The normalized spacial score (nSPS) is 11.3. The average molecular weight is 297 g/mol. The first-order valence-electron chi connectivity index (χ1n) is 5.13. The molecule has 19 heavy (non-hydrogen) atoms. The van der Waals surface area contributed by atoms with Crippen LogP contribution in [0, 0.1) is 18.3 Å². The number of nitrogens with zero attached hydrogens (tertiary/aromatic N) is 3. The number of nitrogens with two attached hydrogens (primary N) is 1. The maximum Gasteiger partial charge on any atom is 0.257 e. The van der Waals surface area contributed by atoms with Crippen molar-refractivity contribution in [3.05, 3.63) is 40.5 Å². The van der Waals surface area contributed by atoms with Crippen LogP contribution in [0.5, 0.6) is 0 Å². The van der Waals surface area contributed by atoms with E-state index in [2.05, 4.69) is 5.10 Å². The number of hydrogen-bond donors (Lipinski definition) is 1. The van der Waals surface area contributed by atoms with Gasteiger partial charge < -0.3 is 0 Å². The Hall–Kier alpha value is -1.88. The highest BCUT2D eigenvalue weighted by atomic mass is 35.5. The predicted molar refractivity (Wildman–Crippen MR) is 69.4 cm³/mol. The number of sulfonamides is 1. The van der Waals surface area contributed by atoms with Gasteiger partial charge in [-0.3, -0.25) is 0 Å². The third-order valence-electron chi connectivity index (χ3n) is 2.48. The van der Waals surface area contributed by atoms with Crippen LogP contribution < -0.4 is 5.14 Å². The molecule has 0 saturated carbocycles. The van der Waals surface area contributed by atoms with Crippen LogP contribution in [0.3, 0.4) is 0 Å². The lowest BCUT2D eigenvalue weighted by atomic mass is 10.3. The summed E-state index contributed by atoms with van der Waals surface area (Å²) >= 11 is 6.01. The van der Waals surface area contributed by atoms with E-state index < -0.39 is 10.0 Å². The van der Waals surface area contributed by atoms with Gasteiger partial charge in [0, 0.05) is 0 Å². The van der Waals surface area contributed by atoms with Crippen molar-refractivity contribution in [2.75, 3.05) is 0 Å².